The van der Waals surface area contributed by atoms with Gasteiger partial charge >= 0.3 is 5.97 Å². The summed E-state index contributed by atoms with van der Waals surface area (Å²) >= 11 is 0. The molecule has 2 aromatic carbocycles. The van der Waals surface area contributed by atoms with Crippen LogP contribution in [0.25, 0.3) is 21.7 Å². The van der Waals surface area contributed by atoms with Gasteiger partial charge in [0, 0.05) is 11.6 Å². The molecule has 1 aromatic heterocycles. The second-order valence-corrected chi connectivity index (χ2v) is 4.27. The minimum Gasteiger partial charge on any atom is -0.462 e. The number of nitrogens with zero attached hydrogens (tertiary/aromatic N) is 1. The fraction of sp³-hybridized carbons (Fsp3) is 0.125. The number of fused-ring (bicyclic) bond motifs is 2. The Morgan fingerprint density at radius 2 is 1.95 bits per heavy atom. The van der Waals surface area contributed by atoms with Crippen molar-refractivity contribution < 1.29 is 9.53 Å². The van der Waals surface area contributed by atoms with E-state index in [4.69, 9.17) is 4.74 Å². The average Bonchev–Trinajstić information content (AvgIpc) is 2.44. The Hall–Kier alpha value is -2.42. The van der Waals surface area contributed by atoms with Crippen molar-refractivity contribution in [1.29, 1.82) is 0 Å². The van der Waals surface area contributed by atoms with Crippen LogP contribution in [0.3, 0.4) is 0 Å². The summed E-state index contributed by atoms with van der Waals surface area (Å²) in [5, 5.41) is 2.85. The molecule has 0 aliphatic heterocycles. The molecule has 0 N–H and O–H groups in total. The highest BCUT2D eigenvalue weighted by Gasteiger charge is 2.16. The summed E-state index contributed by atoms with van der Waals surface area (Å²) in [7, 11) is 0. The van der Waals surface area contributed by atoms with E-state index in [0.29, 0.717) is 17.7 Å². The zero-order valence-electron chi connectivity index (χ0n) is 10.6. The molecular weight excluding hydrogens is 238 g/mol. The van der Waals surface area contributed by atoms with E-state index in [-0.39, 0.29) is 5.97 Å². The molecule has 19 heavy (non-hydrogen) atoms. The van der Waals surface area contributed by atoms with Gasteiger partial charge in [-0.05, 0) is 29.8 Å². The molecule has 0 bridgehead atoms. The maximum absolute atomic E-state index is 12.2. The first-order valence-corrected chi connectivity index (χ1v) is 6.25. The zero-order valence-corrected chi connectivity index (χ0v) is 10.6. The molecule has 3 nitrogen and oxygen atoms in total. The van der Waals surface area contributed by atoms with Crippen LogP contribution in [0.15, 0.2) is 48.7 Å². The van der Waals surface area contributed by atoms with Gasteiger partial charge in [0.15, 0.2) is 0 Å². The van der Waals surface area contributed by atoms with Crippen molar-refractivity contribution in [2.24, 2.45) is 0 Å². The Morgan fingerprint density at radius 1 is 1.16 bits per heavy atom. The summed E-state index contributed by atoms with van der Waals surface area (Å²) in [6, 6.07) is 13.7. The van der Waals surface area contributed by atoms with E-state index in [0.717, 1.165) is 16.2 Å². The van der Waals surface area contributed by atoms with Crippen LogP contribution in [0.1, 0.15) is 17.3 Å². The maximum Gasteiger partial charge on any atom is 0.340 e. The minimum atomic E-state index is -0.317. The summed E-state index contributed by atoms with van der Waals surface area (Å²) in [6.07, 6.45) is 1.69. The molecule has 0 amide bonds. The molecule has 0 saturated carbocycles. The highest BCUT2D eigenvalue weighted by molar-refractivity contribution is 6.15. The molecular formula is C16H13NO2. The van der Waals surface area contributed by atoms with Gasteiger partial charge < -0.3 is 4.74 Å². The van der Waals surface area contributed by atoms with Crippen LogP contribution in [0.5, 0.6) is 0 Å². The number of carbonyl (C=O) groups excluding carboxylic acids is 1. The summed E-state index contributed by atoms with van der Waals surface area (Å²) in [4.78, 5) is 16.5. The van der Waals surface area contributed by atoms with E-state index < -0.39 is 0 Å². The molecule has 3 aromatic rings. The number of pyridine rings is 1. The molecule has 0 aliphatic rings. The van der Waals surface area contributed by atoms with Gasteiger partial charge in [0.1, 0.15) is 0 Å². The van der Waals surface area contributed by atoms with E-state index in [9.17, 15) is 4.79 Å². The predicted octanol–water partition coefficient (Wildman–Crippen LogP) is 3.56. The SMILES string of the molecule is CCOC(=O)c1c2ccccc2cc2cccnc12. The smallest absolute Gasteiger partial charge is 0.340 e. The van der Waals surface area contributed by atoms with Crippen molar-refractivity contribution in [1.82, 2.24) is 4.98 Å². The van der Waals surface area contributed by atoms with E-state index in [2.05, 4.69) is 4.98 Å². The molecule has 3 heteroatoms. The first kappa shape index (κ1) is 11.7. The maximum atomic E-state index is 12.2. The number of carbonyl (C=O) groups is 1. The lowest BCUT2D eigenvalue weighted by Gasteiger charge is -2.09. The van der Waals surface area contributed by atoms with Crippen molar-refractivity contribution in [3.63, 3.8) is 0 Å². The van der Waals surface area contributed by atoms with Crippen LogP contribution >= 0.6 is 0 Å². The number of rotatable bonds is 2. The third-order valence-electron chi connectivity index (χ3n) is 3.10. The van der Waals surface area contributed by atoms with Gasteiger partial charge in [-0.15, -0.1) is 0 Å². The number of esters is 1. The Bertz CT molecular complexity index is 711. The molecule has 3 rings (SSSR count). The normalized spacial score (nSPS) is 10.8. The second-order valence-electron chi connectivity index (χ2n) is 4.27. The van der Waals surface area contributed by atoms with Crippen molar-refractivity contribution in [2.45, 2.75) is 6.92 Å². The molecule has 0 aliphatic carbocycles. The topological polar surface area (TPSA) is 39.2 Å². The monoisotopic (exact) mass is 251 g/mol. The summed E-state index contributed by atoms with van der Waals surface area (Å²) < 4.78 is 5.17. The Labute approximate surface area is 110 Å². The van der Waals surface area contributed by atoms with Gasteiger partial charge in [0.25, 0.3) is 0 Å². The van der Waals surface area contributed by atoms with Crippen molar-refractivity contribution >= 4 is 27.6 Å². The van der Waals surface area contributed by atoms with Crippen LogP contribution in [0, 0.1) is 0 Å². The van der Waals surface area contributed by atoms with Gasteiger partial charge in [-0.2, -0.15) is 0 Å². The fourth-order valence-electron chi connectivity index (χ4n) is 2.30. The van der Waals surface area contributed by atoms with Crippen LogP contribution in [0.4, 0.5) is 0 Å². The summed E-state index contributed by atoms with van der Waals surface area (Å²) in [6.45, 7) is 2.16. The number of benzene rings is 2. The van der Waals surface area contributed by atoms with Gasteiger partial charge in [-0.1, -0.05) is 30.3 Å². The van der Waals surface area contributed by atoms with E-state index in [1.807, 2.05) is 42.5 Å². The third-order valence-corrected chi connectivity index (χ3v) is 3.10. The number of ether oxygens (including phenoxy) is 1. The number of hydrogen-bond acceptors (Lipinski definition) is 3. The fourth-order valence-corrected chi connectivity index (χ4v) is 2.30. The number of aromatic nitrogens is 1. The van der Waals surface area contributed by atoms with Crippen molar-refractivity contribution in [3.05, 3.63) is 54.2 Å². The van der Waals surface area contributed by atoms with Gasteiger partial charge in [-0.25, -0.2) is 4.79 Å². The molecule has 0 radical (unpaired) electrons. The average molecular weight is 251 g/mol. The van der Waals surface area contributed by atoms with Crippen molar-refractivity contribution in [2.75, 3.05) is 6.61 Å². The van der Waals surface area contributed by atoms with Gasteiger partial charge in [-0.3, -0.25) is 4.98 Å². The standard InChI is InChI=1S/C16H13NO2/c1-2-19-16(18)14-13-8-4-3-6-11(13)10-12-7-5-9-17-15(12)14/h3-10H,2H2,1H3. The Balaban J connectivity index is 2.43. The first-order valence-electron chi connectivity index (χ1n) is 6.25. The molecule has 0 unspecified atom stereocenters. The van der Waals surface area contributed by atoms with Crippen LogP contribution in [-0.4, -0.2) is 17.6 Å². The first-order chi connectivity index (χ1) is 9.31. The summed E-state index contributed by atoms with van der Waals surface area (Å²) in [5.41, 5.74) is 1.25. The van der Waals surface area contributed by atoms with Gasteiger partial charge in [0.05, 0.1) is 17.7 Å². The predicted molar refractivity (Wildman–Crippen MR) is 75.2 cm³/mol. The van der Waals surface area contributed by atoms with E-state index >= 15 is 0 Å². The minimum absolute atomic E-state index is 0.317. The Kier molecular flexibility index (Phi) is 2.88. The molecule has 1 heterocycles. The van der Waals surface area contributed by atoms with E-state index in [1.165, 1.54) is 0 Å². The molecule has 94 valence electrons. The zero-order chi connectivity index (χ0) is 13.2. The Morgan fingerprint density at radius 3 is 2.79 bits per heavy atom. The third kappa shape index (κ3) is 1.93. The lowest BCUT2D eigenvalue weighted by atomic mass is 10.0. The highest BCUT2D eigenvalue weighted by Crippen LogP contribution is 2.27. The number of hydrogen-bond donors (Lipinski definition) is 0. The molecule has 0 fully saturated rings. The molecule has 0 atom stereocenters. The van der Waals surface area contributed by atoms with Crippen LogP contribution in [-0.2, 0) is 4.74 Å². The summed E-state index contributed by atoms with van der Waals surface area (Å²) in [5.74, 6) is -0.317. The van der Waals surface area contributed by atoms with E-state index in [1.54, 1.807) is 13.1 Å². The second kappa shape index (κ2) is 4.69. The van der Waals surface area contributed by atoms with Crippen LogP contribution < -0.4 is 0 Å². The quantitative estimate of drug-likeness (QED) is 0.516. The molecule has 0 saturated heterocycles. The molecule has 0 spiro atoms. The van der Waals surface area contributed by atoms with Gasteiger partial charge in [0.2, 0.25) is 0 Å². The highest BCUT2D eigenvalue weighted by atomic mass is 16.5. The lowest BCUT2D eigenvalue weighted by molar-refractivity contribution is 0.0530. The van der Waals surface area contributed by atoms with Crippen molar-refractivity contribution in [3.8, 4) is 0 Å². The van der Waals surface area contributed by atoms with Crippen LogP contribution in [0.2, 0.25) is 0 Å². The largest absolute Gasteiger partial charge is 0.462 e. The lowest BCUT2D eigenvalue weighted by Crippen LogP contribution is -2.07.